The van der Waals surface area contributed by atoms with Gasteiger partial charge < -0.3 is 0 Å². The van der Waals surface area contributed by atoms with Crippen LogP contribution in [-0.4, -0.2) is 10.8 Å². The van der Waals surface area contributed by atoms with E-state index in [1.54, 1.807) is 6.07 Å². The first-order valence-corrected chi connectivity index (χ1v) is 5.44. The molecule has 0 fully saturated rings. The molecule has 86 valence electrons. The highest BCUT2D eigenvalue weighted by molar-refractivity contribution is 6.37. The van der Waals surface area contributed by atoms with E-state index in [0.29, 0.717) is 5.02 Å². The van der Waals surface area contributed by atoms with Gasteiger partial charge in [-0.05, 0) is 24.3 Å². The summed E-state index contributed by atoms with van der Waals surface area (Å²) >= 11 is 11.6. The van der Waals surface area contributed by atoms with Gasteiger partial charge in [0.25, 0.3) is 0 Å². The average molecular weight is 270 g/mol. The quantitative estimate of drug-likeness (QED) is 0.778. The van der Waals surface area contributed by atoms with Crippen molar-refractivity contribution in [3.63, 3.8) is 0 Å². The van der Waals surface area contributed by atoms with E-state index in [2.05, 4.69) is 4.98 Å². The van der Waals surface area contributed by atoms with Gasteiger partial charge in [-0.25, -0.2) is 4.39 Å². The molecule has 0 amide bonds. The number of hydrogen-bond donors (Lipinski definition) is 0. The number of carbonyl (C=O) groups excluding carboxylic acids is 1. The minimum Gasteiger partial charge on any atom is -0.288 e. The van der Waals surface area contributed by atoms with E-state index in [0.717, 1.165) is 12.3 Å². The molecule has 17 heavy (non-hydrogen) atoms. The molecule has 0 saturated carbocycles. The minimum atomic E-state index is -0.569. The molecule has 0 saturated heterocycles. The van der Waals surface area contributed by atoms with Crippen molar-refractivity contribution in [3.8, 4) is 0 Å². The summed E-state index contributed by atoms with van der Waals surface area (Å²) in [5.74, 6) is -0.959. The largest absolute Gasteiger partial charge is 0.288 e. The van der Waals surface area contributed by atoms with Crippen LogP contribution in [0.4, 0.5) is 4.39 Å². The monoisotopic (exact) mass is 269 g/mol. The molecule has 1 heterocycles. The molecule has 0 spiro atoms. The zero-order chi connectivity index (χ0) is 12.4. The lowest BCUT2D eigenvalue weighted by molar-refractivity contribution is 0.103. The zero-order valence-corrected chi connectivity index (χ0v) is 9.97. The number of pyridine rings is 1. The van der Waals surface area contributed by atoms with Crippen LogP contribution in [0.15, 0.2) is 36.7 Å². The normalized spacial score (nSPS) is 10.3. The fourth-order valence-electron chi connectivity index (χ4n) is 1.37. The predicted octanol–water partition coefficient (Wildman–Crippen LogP) is 3.76. The molecule has 2 rings (SSSR count). The Balaban J connectivity index is 2.44. The number of hydrogen-bond acceptors (Lipinski definition) is 2. The lowest BCUT2D eigenvalue weighted by Gasteiger charge is -2.03. The Bertz CT molecular complexity index is 586. The Morgan fingerprint density at radius 3 is 2.59 bits per heavy atom. The molecule has 0 bridgehead atoms. The lowest BCUT2D eigenvalue weighted by atomic mass is 10.1. The third-order valence-electron chi connectivity index (χ3n) is 2.14. The maximum atomic E-state index is 12.9. The van der Waals surface area contributed by atoms with Crippen LogP contribution in [-0.2, 0) is 0 Å². The van der Waals surface area contributed by atoms with E-state index in [-0.39, 0.29) is 16.1 Å². The van der Waals surface area contributed by atoms with E-state index in [4.69, 9.17) is 23.2 Å². The van der Waals surface area contributed by atoms with Crippen molar-refractivity contribution < 1.29 is 9.18 Å². The maximum absolute atomic E-state index is 12.9. The van der Waals surface area contributed by atoms with Gasteiger partial charge in [0, 0.05) is 22.3 Å². The van der Waals surface area contributed by atoms with Crippen LogP contribution in [0.1, 0.15) is 15.9 Å². The zero-order valence-electron chi connectivity index (χ0n) is 8.45. The second kappa shape index (κ2) is 4.82. The summed E-state index contributed by atoms with van der Waals surface area (Å²) in [5, 5.41) is 0.663. The SMILES string of the molecule is O=C(c1cncc(F)c1)c1ccc(Cl)cc1Cl. The molecule has 1 aromatic carbocycles. The number of benzene rings is 1. The van der Waals surface area contributed by atoms with Gasteiger partial charge in [0.1, 0.15) is 5.82 Å². The van der Waals surface area contributed by atoms with Crippen molar-refractivity contribution in [2.75, 3.05) is 0 Å². The van der Waals surface area contributed by atoms with Crippen molar-refractivity contribution in [3.05, 3.63) is 63.6 Å². The van der Waals surface area contributed by atoms with E-state index in [9.17, 15) is 9.18 Å². The summed E-state index contributed by atoms with van der Waals surface area (Å²) < 4.78 is 12.9. The molecule has 0 radical (unpaired) electrons. The van der Waals surface area contributed by atoms with Gasteiger partial charge in [-0.15, -0.1) is 0 Å². The first-order valence-electron chi connectivity index (χ1n) is 4.68. The van der Waals surface area contributed by atoms with Crippen molar-refractivity contribution in [2.45, 2.75) is 0 Å². The van der Waals surface area contributed by atoms with Gasteiger partial charge in [0.15, 0.2) is 5.78 Å². The summed E-state index contributed by atoms with van der Waals surface area (Å²) in [4.78, 5) is 15.6. The van der Waals surface area contributed by atoms with Crippen LogP contribution >= 0.6 is 23.2 Å². The first-order chi connectivity index (χ1) is 8.08. The molecule has 0 aliphatic rings. The summed E-state index contributed by atoms with van der Waals surface area (Å²) in [5.41, 5.74) is 0.415. The van der Waals surface area contributed by atoms with E-state index < -0.39 is 11.6 Å². The number of ketones is 1. The van der Waals surface area contributed by atoms with Gasteiger partial charge in [-0.2, -0.15) is 0 Å². The molecule has 0 aliphatic carbocycles. The Labute approximate surface area is 107 Å². The van der Waals surface area contributed by atoms with Gasteiger partial charge in [-0.3, -0.25) is 9.78 Å². The average Bonchev–Trinajstić information content (AvgIpc) is 2.28. The van der Waals surface area contributed by atoms with Crippen molar-refractivity contribution in [1.82, 2.24) is 4.98 Å². The van der Waals surface area contributed by atoms with E-state index in [1.165, 1.54) is 18.3 Å². The maximum Gasteiger partial charge on any atom is 0.196 e. The van der Waals surface area contributed by atoms with Crippen LogP contribution in [0.2, 0.25) is 10.0 Å². The number of rotatable bonds is 2. The van der Waals surface area contributed by atoms with Gasteiger partial charge >= 0.3 is 0 Å². The van der Waals surface area contributed by atoms with Crippen LogP contribution in [0.3, 0.4) is 0 Å². The summed E-state index contributed by atoms with van der Waals surface area (Å²) in [6.45, 7) is 0. The molecule has 5 heteroatoms. The highest BCUT2D eigenvalue weighted by Gasteiger charge is 2.14. The van der Waals surface area contributed by atoms with Crippen molar-refractivity contribution in [2.24, 2.45) is 0 Å². The molecule has 2 aromatic rings. The standard InChI is InChI=1S/C12H6Cl2FNO/c13-8-1-2-10(11(14)4-8)12(17)7-3-9(15)6-16-5-7/h1-6H. The van der Waals surface area contributed by atoms with Crippen LogP contribution in [0.5, 0.6) is 0 Å². The second-order valence-corrected chi connectivity index (χ2v) is 4.19. The highest BCUT2D eigenvalue weighted by atomic mass is 35.5. The first kappa shape index (κ1) is 12.0. The molecule has 0 unspecified atom stereocenters. The second-order valence-electron chi connectivity index (χ2n) is 3.35. The van der Waals surface area contributed by atoms with Crippen molar-refractivity contribution in [1.29, 1.82) is 0 Å². The van der Waals surface area contributed by atoms with Gasteiger partial charge in [0.2, 0.25) is 0 Å². The van der Waals surface area contributed by atoms with Crippen molar-refractivity contribution >= 4 is 29.0 Å². The van der Waals surface area contributed by atoms with Gasteiger partial charge in [0.05, 0.1) is 11.2 Å². The molecule has 0 aliphatic heterocycles. The van der Waals surface area contributed by atoms with Crippen LogP contribution in [0.25, 0.3) is 0 Å². The fraction of sp³-hybridized carbons (Fsp3) is 0. The Kier molecular flexibility index (Phi) is 3.41. The molecule has 0 atom stereocenters. The molecule has 2 nitrogen and oxygen atoms in total. The number of carbonyl (C=O) groups is 1. The molecule has 0 N–H and O–H groups in total. The van der Waals surface area contributed by atoms with E-state index >= 15 is 0 Å². The molecular formula is C12H6Cl2FNO. The Morgan fingerprint density at radius 2 is 1.94 bits per heavy atom. The predicted molar refractivity (Wildman–Crippen MR) is 64.1 cm³/mol. The molecule has 1 aromatic heterocycles. The number of nitrogens with zero attached hydrogens (tertiary/aromatic N) is 1. The number of aromatic nitrogens is 1. The number of halogens is 3. The topological polar surface area (TPSA) is 30.0 Å². The third kappa shape index (κ3) is 2.62. The minimum absolute atomic E-state index is 0.147. The molecular weight excluding hydrogens is 264 g/mol. The lowest BCUT2D eigenvalue weighted by Crippen LogP contribution is -2.03. The van der Waals surface area contributed by atoms with Crippen LogP contribution < -0.4 is 0 Å². The summed E-state index contributed by atoms with van der Waals surface area (Å²) in [6, 6.07) is 5.62. The van der Waals surface area contributed by atoms with Crippen LogP contribution in [0, 0.1) is 5.82 Å². The van der Waals surface area contributed by atoms with Gasteiger partial charge in [-0.1, -0.05) is 23.2 Å². The smallest absolute Gasteiger partial charge is 0.196 e. The third-order valence-corrected chi connectivity index (χ3v) is 2.69. The fourth-order valence-corrected chi connectivity index (χ4v) is 1.86. The summed E-state index contributed by atoms with van der Waals surface area (Å²) in [6.07, 6.45) is 2.32. The Morgan fingerprint density at radius 1 is 1.18 bits per heavy atom. The van der Waals surface area contributed by atoms with E-state index in [1.807, 2.05) is 0 Å². The summed E-state index contributed by atoms with van der Waals surface area (Å²) in [7, 11) is 0. The Hall–Kier alpha value is -1.45. The highest BCUT2D eigenvalue weighted by Crippen LogP contribution is 2.23.